The van der Waals surface area contributed by atoms with E-state index in [-0.39, 0.29) is 5.92 Å². The van der Waals surface area contributed by atoms with Gasteiger partial charge in [-0.05, 0) is 50.7 Å². The van der Waals surface area contributed by atoms with Crippen molar-refractivity contribution < 1.29 is 4.79 Å². The smallest absolute Gasteiger partial charge is 0.225 e. The number of carbonyl (C=O) groups is 1. The Morgan fingerprint density at radius 1 is 0.917 bits per heavy atom. The van der Waals surface area contributed by atoms with Crippen molar-refractivity contribution in [1.29, 1.82) is 0 Å². The van der Waals surface area contributed by atoms with Crippen molar-refractivity contribution in [3.8, 4) is 0 Å². The number of likely N-dealkylation sites (tertiary alicyclic amines) is 1. The van der Waals surface area contributed by atoms with Crippen molar-refractivity contribution in [1.82, 2.24) is 19.0 Å². The number of piperidine rings is 1. The molecule has 1 aliphatic carbocycles. The molecular formula is C19H26N4O. The fraction of sp³-hybridized carbons (Fsp3) is 0.579. The van der Waals surface area contributed by atoms with Gasteiger partial charge in [0.1, 0.15) is 0 Å². The van der Waals surface area contributed by atoms with E-state index in [1.165, 1.54) is 0 Å². The van der Waals surface area contributed by atoms with Crippen LogP contribution in [0.2, 0.25) is 0 Å². The molecule has 2 fully saturated rings. The highest BCUT2D eigenvalue weighted by atomic mass is 16.2. The third kappa shape index (κ3) is 3.12. The van der Waals surface area contributed by atoms with Crippen LogP contribution in [0.4, 0.5) is 0 Å². The molecule has 2 aliphatic rings. The van der Waals surface area contributed by atoms with Crippen LogP contribution >= 0.6 is 0 Å². The molecule has 1 saturated carbocycles. The third-order valence-electron chi connectivity index (χ3n) is 5.75. The fourth-order valence-corrected chi connectivity index (χ4v) is 4.35. The molecule has 5 nitrogen and oxygen atoms in total. The number of hydrogen-bond acceptors (Lipinski definition) is 2. The highest BCUT2D eigenvalue weighted by Gasteiger charge is 2.32. The zero-order chi connectivity index (χ0) is 16.4. The molecule has 2 aromatic rings. The van der Waals surface area contributed by atoms with Crippen LogP contribution in [0.5, 0.6) is 0 Å². The van der Waals surface area contributed by atoms with Crippen molar-refractivity contribution in [3.63, 3.8) is 0 Å². The molecule has 0 spiro atoms. The molecule has 3 heterocycles. The van der Waals surface area contributed by atoms with E-state index in [1.54, 1.807) is 0 Å². The quantitative estimate of drug-likeness (QED) is 0.869. The summed E-state index contributed by atoms with van der Waals surface area (Å²) in [6, 6.07) is 5.13. The van der Waals surface area contributed by atoms with E-state index in [2.05, 4.69) is 43.5 Å². The maximum atomic E-state index is 13.0. The normalized spacial score (nSPS) is 28.0. The molecule has 4 rings (SSSR count). The van der Waals surface area contributed by atoms with E-state index in [9.17, 15) is 4.79 Å². The first kappa shape index (κ1) is 15.5. The van der Waals surface area contributed by atoms with Crippen LogP contribution < -0.4 is 0 Å². The summed E-state index contributed by atoms with van der Waals surface area (Å²) in [5.74, 6) is 0.601. The van der Waals surface area contributed by atoms with Crippen LogP contribution in [-0.4, -0.2) is 38.0 Å². The second-order valence-electron chi connectivity index (χ2n) is 7.23. The van der Waals surface area contributed by atoms with Crippen molar-refractivity contribution in [3.05, 3.63) is 43.2 Å². The Bertz CT molecular complexity index is 641. The second kappa shape index (κ2) is 6.83. The lowest BCUT2D eigenvalue weighted by atomic mass is 9.84. The summed E-state index contributed by atoms with van der Waals surface area (Å²) in [5, 5.41) is 0. The molecule has 128 valence electrons. The molecule has 5 heteroatoms. The summed E-state index contributed by atoms with van der Waals surface area (Å²) in [5.41, 5.74) is 0. The van der Waals surface area contributed by atoms with Gasteiger partial charge < -0.3 is 14.0 Å². The van der Waals surface area contributed by atoms with Crippen molar-refractivity contribution >= 4 is 5.91 Å². The molecule has 0 radical (unpaired) electrons. The molecule has 1 amide bonds. The SMILES string of the molecule is O=C(C1CCC(n2cccc2)CC1)N1CCC[C@H](n2ccnc2)C1. The van der Waals surface area contributed by atoms with Gasteiger partial charge in [-0.25, -0.2) is 4.98 Å². The lowest BCUT2D eigenvalue weighted by molar-refractivity contribution is -0.138. The summed E-state index contributed by atoms with van der Waals surface area (Å²) < 4.78 is 4.46. The van der Waals surface area contributed by atoms with Gasteiger partial charge in [0.15, 0.2) is 0 Å². The number of carbonyl (C=O) groups excluding carboxylic acids is 1. The Morgan fingerprint density at radius 2 is 1.71 bits per heavy atom. The van der Waals surface area contributed by atoms with E-state index >= 15 is 0 Å². The largest absolute Gasteiger partial charge is 0.351 e. The number of hydrogen-bond donors (Lipinski definition) is 0. The first-order valence-corrected chi connectivity index (χ1v) is 9.20. The maximum absolute atomic E-state index is 13.0. The average Bonchev–Trinajstić information content (AvgIpc) is 3.35. The minimum atomic E-state index is 0.221. The summed E-state index contributed by atoms with van der Waals surface area (Å²) in [4.78, 5) is 19.2. The molecule has 0 bridgehead atoms. The number of amides is 1. The molecule has 0 unspecified atom stereocenters. The third-order valence-corrected chi connectivity index (χ3v) is 5.75. The molecule has 0 N–H and O–H groups in total. The van der Waals surface area contributed by atoms with Gasteiger partial charge in [-0.2, -0.15) is 0 Å². The van der Waals surface area contributed by atoms with E-state index in [4.69, 9.17) is 0 Å². The second-order valence-corrected chi connectivity index (χ2v) is 7.23. The first-order chi connectivity index (χ1) is 11.8. The van der Waals surface area contributed by atoms with Crippen LogP contribution in [0.15, 0.2) is 43.2 Å². The predicted molar refractivity (Wildman–Crippen MR) is 92.5 cm³/mol. The predicted octanol–water partition coefficient (Wildman–Crippen LogP) is 3.28. The van der Waals surface area contributed by atoms with Crippen LogP contribution in [-0.2, 0) is 4.79 Å². The highest BCUT2D eigenvalue weighted by Crippen LogP contribution is 2.34. The van der Waals surface area contributed by atoms with Gasteiger partial charge in [0, 0.05) is 49.8 Å². The summed E-state index contributed by atoms with van der Waals surface area (Å²) >= 11 is 0. The zero-order valence-electron chi connectivity index (χ0n) is 14.1. The Kier molecular flexibility index (Phi) is 4.41. The summed E-state index contributed by atoms with van der Waals surface area (Å²) in [7, 11) is 0. The first-order valence-electron chi connectivity index (χ1n) is 9.20. The Morgan fingerprint density at radius 3 is 2.42 bits per heavy atom. The highest BCUT2D eigenvalue weighted by molar-refractivity contribution is 5.79. The lowest BCUT2D eigenvalue weighted by Crippen LogP contribution is -2.44. The van der Waals surface area contributed by atoms with E-state index in [0.717, 1.165) is 51.6 Å². The van der Waals surface area contributed by atoms with Crippen LogP contribution in [0.25, 0.3) is 0 Å². The van der Waals surface area contributed by atoms with Gasteiger partial charge in [-0.3, -0.25) is 4.79 Å². The molecular weight excluding hydrogens is 300 g/mol. The number of aromatic nitrogens is 3. The lowest BCUT2D eigenvalue weighted by Gasteiger charge is -2.37. The molecule has 24 heavy (non-hydrogen) atoms. The number of rotatable bonds is 3. The molecule has 1 saturated heterocycles. The van der Waals surface area contributed by atoms with Gasteiger partial charge in [-0.1, -0.05) is 0 Å². The monoisotopic (exact) mass is 326 g/mol. The van der Waals surface area contributed by atoms with Crippen molar-refractivity contribution in [2.75, 3.05) is 13.1 Å². The standard InChI is InChI=1S/C19H26N4O/c24-19(16-5-7-17(8-6-16)21-10-1-2-11-21)22-12-3-4-18(14-22)23-13-9-20-15-23/h1-2,9-11,13,15-18H,3-8,12,14H2/t16?,17?,18-/m0/s1. The summed E-state index contributed by atoms with van der Waals surface area (Å²) in [6.45, 7) is 1.76. The van der Waals surface area contributed by atoms with Crippen LogP contribution in [0, 0.1) is 5.92 Å². The van der Waals surface area contributed by atoms with E-state index in [1.807, 2.05) is 18.7 Å². The molecule has 2 aromatic heterocycles. The molecule has 1 atom stereocenters. The van der Waals surface area contributed by atoms with Gasteiger partial charge >= 0.3 is 0 Å². The average molecular weight is 326 g/mol. The minimum Gasteiger partial charge on any atom is -0.351 e. The topological polar surface area (TPSA) is 43.1 Å². The Balaban J connectivity index is 1.34. The molecule has 1 aliphatic heterocycles. The van der Waals surface area contributed by atoms with Crippen molar-refractivity contribution in [2.45, 2.75) is 50.6 Å². The number of nitrogens with zero attached hydrogens (tertiary/aromatic N) is 4. The van der Waals surface area contributed by atoms with Gasteiger partial charge in [-0.15, -0.1) is 0 Å². The van der Waals surface area contributed by atoms with E-state index in [0.29, 0.717) is 18.0 Å². The van der Waals surface area contributed by atoms with E-state index < -0.39 is 0 Å². The minimum absolute atomic E-state index is 0.221. The van der Waals surface area contributed by atoms with Crippen LogP contribution in [0.3, 0.4) is 0 Å². The zero-order valence-corrected chi connectivity index (χ0v) is 14.1. The summed E-state index contributed by atoms with van der Waals surface area (Å²) in [6.07, 6.45) is 16.5. The fourth-order valence-electron chi connectivity index (χ4n) is 4.35. The van der Waals surface area contributed by atoms with Crippen LogP contribution in [0.1, 0.15) is 50.6 Å². The van der Waals surface area contributed by atoms with Gasteiger partial charge in [0.25, 0.3) is 0 Å². The van der Waals surface area contributed by atoms with Gasteiger partial charge in [0.2, 0.25) is 5.91 Å². The number of imidazole rings is 1. The Labute approximate surface area is 143 Å². The van der Waals surface area contributed by atoms with Gasteiger partial charge in [0.05, 0.1) is 12.4 Å². The Hall–Kier alpha value is -2.04. The maximum Gasteiger partial charge on any atom is 0.225 e. The van der Waals surface area contributed by atoms with Crippen molar-refractivity contribution in [2.24, 2.45) is 5.92 Å². The molecule has 0 aromatic carbocycles.